The molecule has 0 radical (unpaired) electrons. The van der Waals surface area contributed by atoms with Crippen molar-refractivity contribution in [3.8, 4) is 0 Å². The highest BCUT2D eigenvalue weighted by Gasteiger charge is 2.22. The normalized spacial score (nSPS) is 12.2. The first-order valence-electron chi connectivity index (χ1n) is 8.27. The maximum Gasteiger partial charge on any atom is 0.242 e. The fourth-order valence-corrected chi connectivity index (χ4v) is 3.94. The molecule has 0 saturated heterocycles. The number of carbonyl (C=O) groups excluding carboxylic acids is 1. The number of anilines is 1. The second-order valence-corrected chi connectivity index (χ2v) is 10.2. The summed E-state index contributed by atoms with van der Waals surface area (Å²) in [5, 5.41) is 2.69. The molecule has 148 valence electrons. The Balaban J connectivity index is 2.96. The zero-order valence-electron chi connectivity index (χ0n) is 15.6. The van der Waals surface area contributed by atoms with Crippen LogP contribution in [0.5, 0.6) is 0 Å². The van der Waals surface area contributed by atoms with Gasteiger partial charge in [-0.3, -0.25) is 9.10 Å². The molecule has 0 aromatic heterocycles. The molecule has 0 aliphatic rings. The minimum Gasteiger partial charge on any atom is -0.355 e. The molecule has 1 rings (SSSR count). The van der Waals surface area contributed by atoms with Gasteiger partial charge in [0.05, 0.1) is 16.8 Å². The Labute approximate surface area is 156 Å². The highest BCUT2D eigenvalue weighted by atomic mass is 32.2. The second-order valence-electron chi connectivity index (χ2n) is 6.11. The third-order valence-electron chi connectivity index (χ3n) is 3.69. The fraction of sp³-hybridized carbons (Fsp3) is 0.562. The summed E-state index contributed by atoms with van der Waals surface area (Å²) in [6.45, 7) is 2.18. The molecule has 8 nitrogen and oxygen atoms in total. The summed E-state index contributed by atoms with van der Waals surface area (Å²) in [6.07, 6.45) is 3.84. The van der Waals surface area contributed by atoms with Crippen LogP contribution in [0.25, 0.3) is 0 Å². The molecule has 1 aromatic carbocycles. The third-order valence-corrected chi connectivity index (χ3v) is 6.66. The van der Waals surface area contributed by atoms with Crippen molar-refractivity contribution < 1.29 is 21.6 Å². The summed E-state index contributed by atoms with van der Waals surface area (Å²) >= 11 is 0. The van der Waals surface area contributed by atoms with Crippen molar-refractivity contribution >= 4 is 31.6 Å². The lowest BCUT2D eigenvalue weighted by molar-refractivity contribution is -0.119. The van der Waals surface area contributed by atoms with Crippen LogP contribution in [0, 0.1) is 0 Å². The van der Waals surface area contributed by atoms with Crippen LogP contribution in [-0.2, 0) is 24.8 Å². The van der Waals surface area contributed by atoms with Crippen molar-refractivity contribution in [3.05, 3.63) is 24.3 Å². The van der Waals surface area contributed by atoms with Gasteiger partial charge in [0.2, 0.25) is 26.0 Å². The monoisotopic (exact) mass is 405 g/mol. The molecular weight excluding hydrogens is 378 g/mol. The molecule has 1 amide bonds. The van der Waals surface area contributed by atoms with Crippen molar-refractivity contribution in [3.63, 3.8) is 0 Å². The van der Waals surface area contributed by atoms with Gasteiger partial charge < -0.3 is 5.32 Å². The topological polar surface area (TPSA) is 104 Å². The first-order chi connectivity index (χ1) is 12.0. The minimum absolute atomic E-state index is 0.0451. The Morgan fingerprint density at radius 1 is 1.04 bits per heavy atom. The van der Waals surface area contributed by atoms with E-state index in [0.717, 1.165) is 34.1 Å². The van der Waals surface area contributed by atoms with Crippen LogP contribution in [0.4, 0.5) is 5.69 Å². The molecule has 0 heterocycles. The first kappa shape index (κ1) is 22.4. The molecule has 26 heavy (non-hydrogen) atoms. The van der Waals surface area contributed by atoms with E-state index in [2.05, 4.69) is 5.32 Å². The average molecular weight is 406 g/mol. The average Bonchev–Trinajstić information content (AvgIpc) is 2.55. The maximum absolute atomic E-state index is 12.1. The SMILES string of the molecule is CCCCCNC(=O)CN(c1ccc(S(=O)(=O)N(C)C)cc1)S(C)(=O)=O. The molecule has 0 aliphatic carbocycles. The summed E-state index contributed by atoms with van der Waals surface area (Å²) in [5.74, 6) is -0.406. The quantitative estimate of drug-likeness (QED) is 0.585. The van der Waals surface area contributed by atoms with E-state index in [1.807, 2.05) is 6.92 Å². The van der Waals surface area contributed by atoms with Gasteiger partial charge in [0, 0.05) is 20.6 Å². The van der Waals surface area contributed by atoms with Crippen molar-refractivity contribution in [2.75, 3.05) is 37.7 Å². The molecule has 0 fully saturated rings. The number of nitrogens with zero attached hydrogens (tertiary/aromatic N) is 2. The standard InChI is InChI=1S/C16H27N3O5S2/c1-5-6-7-12-17-16(20)13-19(25(4,21)22)14-8-10-15(11-9-14)26(23,24)18(2)3/h8-11H,5-7,12-13H2,1-4H3,(H,17,20). The van der Waals surface area contributed by atoms with Crippen LogP contribution in [0.3, 0.4) is 0 Å². The third kappa shape index (κ3) is 6.26. The second kappa shape index (κ2) is 9.33. The lowest BCUT2D eigenvalue weighted by Gasteiger charge is -2.22. The molecule has 0 bridgehead atoms. The molecular formula is C16H27N3O5S2. The maximum atomic E-state index is 12.1. The molecule has 1 aromatic rings. The smallest absolute Gasteiger partial charge is 0.242 e. The summed E-state index contributed by atoms with van der Waals surface area (Å²) in [5.41, 5.74) is 0.230. The first-order valence-corrected chi connectivity index (χ1v) is 11.6. The van der Waals surface area contributed by atoms with Gasteiger partial charge in [0.15, 0.2) is 0 Å². The number of rotatable bonds is 10. The van der Waals surface area contributed by atoms with E-state index in [1.165, 1.54) is 38.4 Å². The predicted molar refractivity (Wildman–Crippen MR) is 102 cm³/mol. The number of benzene rings is 1. The summed E-state index contributed by atoms with van der Waals surface area (Å²) in [6, 6.07) is 5.40. The van der Waals surface area contributed by atoms with Gasteiger partial charge in [-0.25, -0.2) is 21.1 Å². The van der Waals surface area contributed by atoms with Gasteiger partial charge in [0.25, 0.3) is 0 Å². The zero-order valence-corrected chi connectivity index (χ0v) is 17.2. The summed E-state index contributed by atoms with van der Waals surface area (Å²) < 4.78 is 50.3. The van der Waals surface area contributed by atoms with E-state index in [0.29, 0.717) is 6.54 Å². The molecule has 0 atom stereocenters. The van der Waals surface area contributed by atoms with Crippen molar-refractivity contribution in [1.82, 2.24) is 9.62 Å². The van der Waals surface area contributed by atoms with E-state index in [9.17, 15) is 21.6 Å². The highest BCUT2D eigenvalue weighted by molar-refractivity contribution is 7.92. The van der Waals surface area contributed by atoms with Crippen LogP contribution < -0.4 is 9.62 Å². The largest absolute Gasteiger partial charge is 0.355 e. The Bertz CT molecular complexity index is 803. The van der Waals surface area contributed by atoms with Crippen LogP contribution in [0.1, 0.15) is 26.2 Å². The fourth-order valence-electron chi connectivity index (χ4n) is 2.18. The number of hydrogen-bond donors (Lipinski definition) is 1. The molecule has 0 spiro atoms. The van der Waals surface area contributed by atoms with Crippen molar-refractivity contribution in [2.24, 2.45) is 0 Å². The predicted octanol–water partition coefficient (Wildman–Crippen LogP) is 1.01. The Hall–Kier alpha value is -1.65. The molecule has 10 heteroatoms. The number of amides is 1. The molecule has 0 unspecified atom stereocenters. The van der Waals surface area contributed by atoms with Gasteiger partial charge in [-0.1, -0.05) is 19.8 Å². The number of hydrogen-bond acceptors (Lipinski definition) is 5. The number of carbonyl (C=O) groups is 1. The number of unbranched alkanes of at least 4 members (excludes halogenated alkanes) is 2. The lowest BCUT2D eigenvalue weighted by Crippen LogP contribution is -2.40. The van der Waals surface area contributed by atoms with Gasteiger partial charge in [0.1, 0.15) is 6.54 Å². The van der Waals surface area contributed by atoms with E-state index < -0.39 is 26.0 Å². The molecule has 0 aliphatic heterocycles. The van der Waals surface area contributed by atoms with Crippen LogP contribution in [0.2, 0.25) is 0 Å². The van der Waals surface area contributed by atoms with E-state index in [-0.39, 0.29) is 17.1 Å². The number of nitrogens with one attached hydrogen (secondary N) is 1. The summed E-state index contributed by atoms with van der Waals surface area (Å²) in [7, 11) is -4.49. The van der Waals surface area contributed by atoms with Gasteiger partial charge >= 0.3 is 0 Å². The van der Waals surface area contributed by atoms with Crippen molar-refractivity contribution in [1.29, 1.82) is 0 Å². The van der Waals surface area contributed by atoms with E-state index in [4.69, 9.17) is 0 Å². The molecule has 0 saturated carbocycles. The minimum atomic E-state index is -3.70. The van der Waals surface area contributed by atoms with Gasteiger partial charge in [-0.15, -0.1) is 0 Å². The zero-order chi connectivity index (χ0) is 20.0. The van der Waals surface area contributed by atoms with Gasteiger partial charge in [-0.05, 0) is 30.7 Å². The van der Waals surface area contributed by atoms with Crippen LogP contribution in [-0.4, -0.2) is 60.5 Å². The highest BCUT2D eigenvalue weighted by Crippen LogP contribution is 2.21. The van der Waals surface area contributed by atoms with Crippen LogP contribution in [0.15, 0.2) is 29.2 Å². The number of sulfonamides is 2. The Morgan fingerprint density at radius 2 is 1.62 bits per heavy atom. The molecule has 1 N–H and O–H groups in total. The van der Waals surface area contributed by atoms with E-state index in [1.54, 1.807) is 0 Å². The van der Waals surface area contributed by atoms with E-state index >= 15 is 0 Å². The van der Waals surface area contributed by atoms with Crippen LogP contribution >= 0.6 is 0 Å². The summed E-state index contributed by atoms with van der Waals surface area (Å²) in [4.78, 5) is 12.1. The Kier molecular flexibility index (Phi) is 8.04. The lowest BCUT2D eigenvalue weighted by atomic mass is 10.2. The van der Waals surface area contributed by atoms with Crippen molar-refractivity contribution in [2.45, 2.75) is 31.1 Å². The van der Waals surface area contributed by atoms with Gasteiger partial charge in [-0.2, -0.15) is 0 Å². The Morgan fingerprint density at radius 3 is 2.08 bits per heavy atom.